The largest absolute Gasteiger partial charge is 0.351 e. The standard InChI is InChI=1S/C22H30N4O3S/c1-3-11-25(12-4-2)21(29)16-7-9-17(10-8-16)23-19(27)15-18-20(28)24-22(30-18)26-13-5-6-14-26/h7-10,18H,3-6,11-15H2,1-2H3,(H,23,27)/t18-/m0/s1. The molecule has 0 saturated carbocycles. The number of aliphatic imine (C=N–C) groups is 1. The molecule has 162 valence electrons. The van der Waals surface area contributed by atoms with Gasteiger partial charge in [-0.05, 0) is 49.9 Å². The quantitative estimate of drug-likeness (QED) is 0.684. The number of nitrogens with one attached hydrogen (secondary N) is 1. The number of carbonyl (C=O) groups is 3. The van der Waals surface area contributed by atoms with Gasteiger partial charge in [0, 0.05) is 43.9 Å². The summed E-state index contributed by atoms with van der Waals surface area (Å²) >= 11 is 1.39. The molecule has 0 spiro atoms. The Labute approximate surface area is 182 Å². The Kier molecular flexibility index (Phi) is 7.90. The van der Waals surface area contributed by atoms with E-state index in [1.165, 1.54) is 11.8 Å². The summed E-state index contributed by atoms with van der Waals surface area (Å²) in [6.07, 6.45) is 4.16. The van der Waals surface area contributed by atoms with Gasteiger partial charge >= 0.3 is 0 Å². The van der Waals surface area contributed by atoms with E-state index in [1.54, 1.807) is 24.3 Å². The van der Waals surface area contributed by atoms with E-state index in [0.29, 0.717) is 11.3 Å². The summed E-state index contributed by atoms with van der Waals surface area (Å²) in [6.45, 7) is 7.44. The molecular weight excluding hydrogens is 400 g/mol. The number of likely N-dealkylation sites (tertiary alicyclic amines) is 1. The summed E-state index contributed by atoms with van der Waals surface area (Å²) in [5.41, 5.74) is 1.23. The lowest BCUT2D eigenvalue weighted by Gasteiger charge is -2.21. The molecule has 30 heavy (non-hydrogen) atoms. The first-order valence-corrected chi connectivity index (χ1v) is 11.6. The molecule has 0 bridgehead atoms. The number of thioether (sulfide) groups is 1. The molecule has 3 rings (SSSR count). The first kappa shape index (κ1) is 22.3. The second-order valence-electron chi connectivity index (χ2n) is 7.66. The molecule has 0 aromatic heterocycles. The minimum absolute atomic E-state index is 0.0103. The molecular formula is C22H30N4O3S. The van der Waals surface area contributed by atoms with Gasteiger partial charge in [-0.25, -0.2) is 0 Å². The van der Waals surface area contributed by atoms with Gasteiger partial charge in [0.25, 0.3) is 11.8 Å². The average molecular weight is 431 g/mol. The van der Waals surface area contributed by atoms with Crippen LogP contribution in [0.4, 0.5) is 5.69 Å². The number of nitrogens with zero attached hydrogens (tertiary/aromatic N) is 3. The van der Waals surface area contributed by atoms with Crippen LogP contribution in [0.3, 0.4) is 0 Å². The van der Waals surface area contributed by atoms with E-state index in [1.807, 2.05) is 4.90 Å². The fraction of sp³-hybridized carbons (Fsp3) is 0.545. The first-order chi connectivity index (χ1) is 14.5. The van der Waals surface area contributed by atoms with Gasteiger partial charge in [0.15, 0.2) is 5.17 Å². The maximum atomic E-state index is 12.6. The average Bonchev–Trinajstić information content (AvgIpc) is 3.38. The van der Waals surface area contributed by atoms with Crippen molar-refractivity contribution < 1.29 is 14.4 Å². The number of carbonyl (C=O) groups excluding carboxylic acids is 3. The molecule has 2 aliphatic rings. The maximum Gasteiger partial charge on any atom is 0.262 e. The van der Waals surface area contributed by atoms with E-state index in [2.05, 4.69) is 29.1 Å². The number of rotatable bonds is 8. The van der Waals surface area contributed by atoms with Crippen LogP contribution in [0.2, 0.25) is 0 Å². The summed E-state index contributed by atoms with van der Waals surface area (Å²) in [4.78, 5) is 45.3. The fourth-order valence-corrected chi connectivity index (χ4v) is 4.78. The molecule has 1 atom stereocenters. The Hall–Kier alpha value is -2.35. The van der Waals surface area contributed by atoms with Crippen LogP contribution in [0.15, 0.2) is 29.3 Å². The molecule has 3 amide bonds. The minimum Gasteiger partial charge on any atom is -0.351 e. The molecule has 0 radical (unpaired) electrons. The number of hydrogen-bond acceptors (Lipinski definition) is 5. The van der Waals surface area contributed by atoms with Crippen LogP contribution in [0.1, 0.15) is 56.3 Å². The molecule has 8 heteroatoms. The SMILES string of the molecule is CCCN(CCC)C(=O)c1ccc(NC(=O)C[C@@H]2SC(N3CCCC3)=NC2=O)cc1. The van der Waals surface area contributed by atoms with Crippen molar-refractivity contribution in [2.45, 2.75) is 51.2 Å². The van der Waals surface area contributed by atoms with Crippen molar-refractivity contribution in [1.29, 1.82) is 0 Å². The Morgan fingerprint density at radius 1 is 1.13 bits per heavy atom. The third-order valence-corrected chi connectivity index (χ3v) is 6.38. The van der Waals surface area contributed by atoms with E-state index in [9.17, 15) is 14.4 Å². The van der Waals surface area contributed by atoms with Crippen LogP contribution >= 0.6 is 11.8 Å². The van der Waals surface area contributed by atoms with E-state index in [-0.39, 0.29) is 24.1 Å². The topological polar surface area (TPSA) is 82.1 Å². The van der Waals surface area contributed by atoms with Gasteiger partial charge in [-0.15, -0.1) is 0 Å². The number of amidine groups is 1. The number of amides is 3. The molecule has 0 aliphatic carbocycles. The zero-order valence-corrected chi connectivity index (χ0v) is 18.5. The van der Waals surface area contributed by atoms with Crippen molar-refractivity contribution in [3.63, 3.8) is 0 Å². The third-order valence-electron chi connectivity index (χ3n) is 5.17. The molecule has 2 heterocycles. The Morgan fingerprint density at radius 2 is 1.77 bits per heavy atom. The van der Waals surface area contributed by atoms with E-state index in [0.717, 1.165) is 57.0 Å². The lowest BCUT2D eigenvalue weighted by atomic mass is 10.1. The van der Waals surface area contributed by atoms with Gasteiger partial charge in [-0.3, -0.25) is 14.4 Å². The lowest BCUT2D eigenvalue weighted by Crippen LogP contribution is -2.32. The summed E-state index contributed by atoms with van der Waals surface area (Å²) in [5, 5.41) is 3.12. The zero-order chi connectivity index (χ0) is 21.5. The first-order valence-electron chi connectivity index (χ1n) is 10.7. The van der Waals surface area contributed by atoms with Crippen LogP contribution in [0, 0.1) is 0 Å². The van der Waals surface area contributed by atoms with Gasteiger partial charge in [0.2, 0.25) is 5.91 Å². The highest BCUT2D eigenvalue weighted by Crippen LogP contribution is 2.29. The van der Waals surface area contributed by atoms with Crippen LogP contribution < -0.4 is 5.32 Å². The molecule has 2 aliphatic heterocycles. The lowest BCUT2D eigenvalue weighted by molar-refractivity contribution is -0.121. The second-order valence-corrected chi connectivity index (χ2v) is 8.83. The highest BCUT2D eigenvalue weighted by atomic mass is 32.2. The second kappa shape index (κ2) is 10.6. The summed E-state index contributed by atoms with van der Waals surface area (Å²) in [6, 6.07) is 6.94. The zero-order valence-electron chi connectivity index (χ0n) is 17.7. The van der Waals surface area contributed by atoms with Gasteiger partial charge in [0.1, 0.15) is 5.25 Å². The molecule has 7 nitrogen and oxygen atoms in total. The smallest absolute Gasteiger partial charge is 0.262 e. The van der Waals surface area contributed by atoms with Gasteiger partial charge in [-0.1, -0.05) is 25.6 Å². The van der Waals surface area contributed by atoms with Gasteiger partial charge in [0.05, 0.1) is 0 Å². The Bertz CT molecular complexity index is 797. The van der Waals surface area contributed by atoms with Crippen LogP contribution in [-0.2, 0) is 9.59 Å². The Morgan fingerprint density at radius 3 is 2.37 bits per heavy atom. The maximum absolute atomic E-state index is 12.6. The monoisotopic (exact) mass is 430 g/mol. The molecule has 1 saturated heterocycles. The summed E-state index contributed by atoms with van der Waals surface area (Å²) in [7, 11) is 0. The predicted octanol–water partition coefficient (Wildman–Crippen LogP) is 3.37. The number of hydrogen-bond donors (Lipinski definition) is 1. The molecule has 0 unspecified atom stereocenters. The number of anilines is 1. The van der Waals surface area contributed by atoms with Crippen LogP contribution in [0.5, 0.6) is 0 Å². The molecule has 1 aromatic carbocycles. The normalized spacial score (nSPS) is 18.5. The molecule has 1 aromatic rings. The molecule has 1 N–H and O–H groups in total. The van der Waals surface area contributed by atoms with E-state index < -0.39 is 5.25 Å². The van der Waals surface area contributed by atoms with Crippen molar-refractivity contribution in [3.05, 3.63) is 29.8 Å². The van der Waals surface area contributed by atoms with Crippen molar-refractivity contribution in [3.8, 4) is 0 Å². The van der Waals surface area contributed by atoms with Crippen LogP contribution in [-0.4, -0.2) is 64.1 Å². The van der Waals surface area contributed by atoms with Gasteiger partial charge in [-0.2, -0.15) is 4.99 Å². The highest BCUT2D eigenvalue weighted by Gasteiger charge is 2.33. The van der Waals surface area contributed by atoms with Crippen molar-refractivity contribution in [1.82, 2.24) is 9.80 Å². The van der Waals surface area contributed by atoms with Crippen molar-refractivity contribution >= 4 is 40.3 Å². The van der Waals surface area contributed by atoms with E-state index in [4.69, 9.17) is 0 Å². The number of benzene rings is 1. The summed E-state index contributed by atoms with van der Waals surface area (Å²) in [5.74, 6) is -0.447. The van der Waals surface area contributed by atoms with Gasteiger partial charge < -0.3 is 15.1 Å². The Balaban J connectivity index is 1.52. The highest BCUT2D eigenvalue weighted by molar-refractivity contribution is 8.15. The summed E-state index contributed by atoms with van der Waals surface area (Å²) < 4.78 is 0. The van der Waals surface area contributed by atoms with E-state index >= 15 is 0 Å². The van der Waals surface area contributed by atoms with Crippen molar-refractivity contribution in [2.75, 3.05) is 31.5 Å². The molecule has 1 fully saturated rings. The van der Waals surface area contributed by atoms with Crippen LogP contribution in [0.25, 0.3) is 0 Å². The predicted molar refractivity (Wildman–Crippen MR) is 121 cm³/mol. The van der Waals surface area contributed by atoms with Crippen molar-refractivity contribution in [2.24, 2.45) is 4.99 Å². The third kappa shape index (κ3) is 5.62. The minimum atomic E-state index is -0.460. The fourth-order valence-electron chi connectivity index (χ4n) is 3.67.